The van der Waals surface area contributed by atoms with E-state index < -0.39 is 18.2 Å². The molecule has 31 heavy (non-hydrogen) atoms. The van der Waals surface area contributed by atoms with E-state index in [0.29, 0.717) is 11.3 Å². The second-order valence-corrected chi connectivity index (χ2v) is 7.58. The van der Waals surface area contributed by atoms with Gasteiger partial charge >= 0.3 is 5.97 Å². The number of nitrogens with one attached hydrogen (secondary N) is 1. The van der Waals surface area contributed by atoms with Crippen molar-refractivity contribution in [2.24, 2.45) is 0 Å². The fourth-order valence-electron chi connectivity index (χ4n) is 3.02. The summed E-state index contributed by atoms with van der Waals surface area (Å²) >= 11 is 0. The van der Waals surface area contributed by atoms with Crippen LogP contribution in [0.15, 0.2) is 42.5 Å². The summed E-state index contributed by atoms with van der Waals surface area (Å²) in [5.74, 6) is 4.19. The first kappa shape index (κ1) is 24.1. The molecule has 0 saturated heterocycles. The lowest BCUT2D eigenvalue weighted by atomic mass is 9.90. The minimum absolute atomic E-state index is 0.0207. The second-order valence-electron chi connectivity index (χ2n) is 7.58. The normalized spacial score (nSPS) is 10.9. The molecule has 2 aromatic rings. The lowest BCUT2D eigenvalue weighted by molar-refractivity contribution is -0.141. The van der Waals surface area contributed by atoms with Crippen LogP contribution in [0.25, 0.3) is 0 Å². The van der Waals surface area contributed by atoms with Crippen LogP contribution >= 0.6 is 0 Å². The number of aliphatic hydroxyl groups is 1. The smallest absolute Gasteiger partial charge is 0.329 e. The SMILES string of the molecule is Cc1cc(N(NCC#CCOCC(=O)O)C(=O)c2ccccc2)cc(C(C)(C)O)c1C. The second kappa shape index (κ2) is 10.7. The fourth-order valence-corrected chi connectivity index (χ4v) is 3.02. The first-order chi connectivity index (χ1) is 14.6. The van der Waals surface area contributed by atoms with E-state index in [1.165, 1.54) is 5.01 Å². The highest BCUT2D eigenvalue weighted by molar-refractivity contribution is 6.05. The molecule has 0 atom stereocenters. The van der Waals surface area contributed by atoms with Gasteiger partial charge in [-0.05, 0) is 68.7 Å². The van der Waals surface area contributed by atoms with Crippen LogP contribution < -0.4 is 10.4 Å². The Morgan fingerprint density at radius 2 is 1.81 bits per heavy atom. The van der Waals surface area contributed by atoms with Gasteiger partial charge in [0.15, 0.2) is 0 Å². The molecule has 0 aliphatic rings. The van der Waals surface area contributed by atoms with Gasteiger partial charge in [0.1, 0.15) is 13.2 Å². The van der Waals surface area contributed by atoms with Crippen LogP contribution in [0.5, 0.6) is 0 Å². The number of aliphatic carboxylic acids is 1. The summed E-state index contributed by atoms with van der Waals surface area (Å²) in [5.41, 5.74) is 5.64. The van der Waals surface area contributed by atoms with Crippen molar-refractivity contribution < 1.29 is 24.5 Å². The van der Waals surface area contributed by atoms with Crippen molar-refractivity contribution in [1.82, 2.24) is 5.43 Å². The first-order valence-corrected chi connectivity index (χ1v) is 9.83. The molecule has 0 bridgehead atoms. The molecule has 164 valence electrons. The van der Waals surface area contributed by atoms with E-state index in [-0.39, 0.29) is 19.1 Å². The molecule has 2 rings (SSSR count). The number of carbonyl (C=O) groups excluding carboxylic acids is 1. The number of nitrogens with zero attached hydrogens (tertiary/aromatic N) is 1. The lowest BCUT2D eigenvalue weighted by Crippen LogP contribution is -2.43. The molecule has 7 heteroatoms. The topological polar surface area (TPSA) is 99.1 Å². The molecule has 3 N–H and O–H groups in total. The molecule has 0 aliphatic heterocycles. The number of benzene rings is 2. The van der Waals surface area contributed by atoms with Crippen LogP contribution in [0.1, 0.15) is 40.9 Å². The van der Waals surface area contributed by atoms with E-state index in [1.54, 1.807) is 44.2 Å². The van der Waals surface area contributed by atoms with Gasteiger partial charge in [0.25, 0.3) is 5.91 Å². The Kier molecular flexibility index (Phi) is 8.34. The van der Waals surface area contributed by atoms with Crippen molar-refractivity contribution in [2.45, 2.75) is 33.3 Å². The van der Waals surface area contributed by atoms with Crippen LogP contribution in [0.2, 0.25) is 0 Å². The number of aryl methyl sites for hydroxylation is 1. The number of ether oxygens (including phenoxy) is 1. The average molecular weight is 424 g/mol. The lowest BCUT2D eigenvalue weighted by Gasteiger charge is -2.28. The summed E-state index contributed by atoms with van der Waals surface area (Å²) in [4.78, 5) is 23.7. The molecule has 0 saturated carbocycles. The van der Waals surface area contributed by atoms with Gasteiger partial charge in [-0.25, -0.2) is 15.2 Å². The summed E-state index contributed by atoms with van der Waals surface area (Å²) < 4.78 is 4.88. The van der Waals surface area contributed by atoms with Crippen LogP contribution in [0.3, 0.4) is 0 Å². The van der Waals surface area contributed by atoms with Gasteiger partial charge in [0.05, 0.1) is 17.8 Å². The van der Waals surface area contributed by atoms with Gasteiger partial charge < -0.3 is 14.9 Å². The maximum absolute atomic E-state index is 13.2. The summed E-state index contributed by atoms with van der Waals surface area (Å²) in [6, 6.07) is 12.5. The van der Waals surface area contributed by atoms with Crippen LogP contribution in [-0.2, 0) is 15.1 Å². The predicted octanol–water partition coefficient (Wildman–Crippen LogP) is 2.79. The van der Waals surface area contributed by atoms with Crippen molar-refractivity contribution in [2.75, 3.05) is 24.8 Å². The van der Waals surface area contributed by atoms with Gasteiger partial charge in [-0.3, -0.25) is 4.79 Å². The van der Waals surface area contributed by atoms with Crippen LogP contribution in [0, 0.1) is 25.7 Å². The summed E-state index contributed by atoms with van der Waals surface area (Å²) in [7, 11) is 0. The van der Waals surface area contributed by atoms with Crippen molar-refractivity contribution in [1.29, 1.82) is 0 Å². The first-order valence-electron chi connectivity index (χ1n) is 9.83. The number of hydrogen-bond donors (Lipinski definition) is 3. The third kappa shape index (κ3) is 6.93. The minimum atomic E-state index is -1.08. The highest BCUT2D eigenvalue weighted by Gasteiger charge is 2.24. The molecule has 0 radical (unpaired) electrons. The van der Waals surface area contributed by atoms with E-state index >= 15 is 0 Å². The monoisotopic (exact) mass is 424 g/mol. The standard InChI is InChI=1S/C24H28N2O5/c1-17-14-20(15-21(18(17)2)24(3,4)30)26(23(29)19-10-6-5-7-11-19)25-12-8-9-13-31-16-22(27)28/h5-7,10-11,14-15,25,30H,12-13,16H2,1-4H3,(H,27,28). The fraction of sp³-hybridized carbons (Fsp3) is 0.333. The number of carbonyl (C=O) groups is 2. The van der Waals surface area contributed by atoms with Crippen molar-refractivity contribution in [3.05, 3.63) is 64.7 Å². The molecule has 0 unspecified atom stereocenters. The number of carboxylic acids is 1. The molecular weight excluding hydrogens is 396 g/mol. The van der Waals surface area contributed by atoms with Crippen LogP contribution in [0.4, 0.5) is 5.69 Å². The van der Waals surface area contributed by atoms with Gasteiger partial charge in [0.2, 0.25) is 0 Å². The maximum atomic E-state index is 13.2. The predicted molar refractivity (Wildman–Crippen MR) is 119 cm³/mol. The molecule has 0 spiro atoms. The number of hydrogen-bond acceptors (Lipinski definition) is 5. The van der Waals surface area contributed by atoms with Gasteiger partial charge in [-0.15, -0.1) is 0 Å². The third-order valence-electron chi connectivity index (χ3n) is 4.64. The number of carboxylic acid groups (broad SMARTS) is 1. The molecular formula is C24H28N2O5. The van der Waals surface area contributed by atoms with Crippen molar-refractivity contribution in [3.8, 4) is 11.8 Å². The Bertz CT molecular complexity index is 985. The molecule has 2 aromatic carbocycles. The van der Waals surface area contributed by atoms with Gasteiger partial charge in [0, 0.05) is 5.56 Å². The van der Waals surface area contributed by atoms with Gasteiger partial charge in [-0.2, -0.15) is 0 Å². The maximum Gasteiger partial charge on any atom is 0.329 e. The van der Waals surface area contributed by atoms with Crippen molar-refractivity contribution >= 4 is 17.6 Å². The minimum Gasteiger partial charge on any atom is -0.480 e. The number of rotatable bonds is 8. The zero-order chi connectivity index (χ0) is 23.0. The molecule has 1 amide bonds. The van der Waals surface area contributed by atoms with E-state index in [4.69, 9.17) is 9.84 Å². The van der Waals surface area contributed by atoms with Gasteiger partial charge in [-0.1, -0.05) is 30.0 Å². The number of hydrazine groups is 1. The molecule has 0 heterocycles. The quantitative estimate of drug-likeness (QED) is 0.342. The Morgan fingerprint density at radius 3 is 2.42 bits per heavy atom. The Labute approximate surface area is 182 Å². The van der Waals surface area contributed by atoms with E-state index in [0.717, 1.165) is 16.7 Å². The third-order valence-corrected chi connectivity index (χ3v) is 4.64. The highest BCUT2D eigenvalue weighted by atomic mass is 16.5. The Balaban J connectivity index is 2.31. The molecule has 0 aliphatic carbocycles. The number of amides is 1. The summed E-state index contributed by atoms with van der Waals surface area (Å²) in [6.45, 7) is 6.98. The summed E-state index contributed by atoms with van der Waals surface area (Å²) in [6.07, 6.45) is 0. The Hall–Kier alpha value is -3.18. The zero-order valence-corrected chi connectivity index (χ0v) is 18.2. The molecule has 7 nitrogen and oxygen atoms in total. The Morgan fingerprint density at radius 1 is 1.13 bits per heavy atom. The zero-order valence-electron chi connectivity index (χ0n) is 18.2. The van der Waals surface area contributed by atoms with E-state index in [1.807, 2.05) is 26.0 Å². The largest absolute Gasteiger partial charge is 0.480 e. The van der Waals surface area contributed by atoms with E-state index in [9.17, 15) is 14.7 Å². The highest BCUT2D eigenvalue weighted by Crippen LogP contribution is 2.30. The summed E-state index contributed by atoms with van der Waals surface area (Å²) in [5, 5.41) is 20.6. The van der Waals surface area contributed by atoms with Crippen LogP contribution in [-0.4, -0.2) is 41.8 Å². The average Bonchev–Trinajstić information content (AvgIpc) is 2.71. The number of anilines is 1. The van der Waals surface area contributed by atoms with E-state index in [2.05, 4.69) is 17.3 Å². The molecule has 0 aromatic heterocycles. The van der Waals surface area contributed by atoms with Crippen molar-refractivity contribution in [3.63, 3.8) is 0 Å². The molecule has 0 fully saturated rings.